The molecule has 0 aliphatic rings. The maximum Gasteiger partial charge on any atom is 0.406 e. The minimum atomic E-state index is -4.44. The Morgan fingerprint density at radius 3 is 2.60 bits per heavy atom. The van der Waals surface area contributed by atoms with Gasteiger partial charge in [-0.3, -0.25) is 4.79 Å². The van der Waals surface area contributed by atoms with E-state index in [0.29, 0.717) is 29.6 Å². The highest BCUT2D eigenvalue weighted by Gasteiger charge is 2.34. The molecule has 0 radical (unpaired) electrons. The molecule has 25 heavy (non-hydrogen) atoms. The van der Waals surface area contributed by atoms with Crippen LogP contribution in [0, 0.1) is 6.92 Å². The molecular weight excluding hydrogens is 333 g/mol. The van der Waals surface area contributed by atoms with E-state index in [1.807, 2.05) is 20.8 Å². The van der Waals surface area contributed by atoms with Crippen LogP contribution in [0.4, 0.5) is 13.2 Å². The summed E-state index contributed by atoms with van der Waals surface area (Å²) in [5.74, 6) is -0.635. The van der Waals surface area contributed by atoms with Crippen LogP contribution in [0.25, 0.3) is 11.0 Å². The van der Waals surface area contributed by atoms with Crippen LogP contribution in [-0.4, -0.2) is 44.8 Å². The second kappa shape index (κ2) is 7.41. The Hall–Kier alpha value is -2.12. The standard InChI is InChI=1S/C17H23F3N4O/c1-5-6-7-23(10-17(18,19)20)16(25)13-8-12(4)22-15-14(13)9-21-24(15)11(2)3/h8-9,11H,5-7,10H2,1-4H3. The molecule has 2 aromatic heterocycles. The van der Waals surface area contributed by atoms with E-state index < -0.39 is 18.6 Å². The molecule has 0 unspecified atom stereocenters. The molecule has 0 spiro atoms. The fraction of sp³-hybridized carbons (Fsp3) is 0.588. The number of aromatic nitrogens is 3. The smallest absolute Gasteiger partial charge is 0.330 e. The number of nitrogens with zero attached hydrogens (tertiary/aromatic N) is 4. The minimum absolute atomic E-state index is 0.0288. The second-order valence-electron chi connectivity index (χ2n) is 6.43. The van der Waals surface area contributed by atoms with Crippen molar-refractivity contribution in [1.29, 1.82) is 0 Å². The average molecular weight is 356 g/mol. The molecule has 0 aliphatic heterocycles. The number of pyridine rings is 1. The zero-order chi connectivity index (χ0) is 18.8. The van der Waals surface area contributed by atoms with Crippen LogP contribution >= 0.6 is 0 Å². The summed E-state index contributed by atoms with van der Waals surface area (Å²) in [6, 6.07) is 1.56. The van der Waals surface area contributed by atoms with E-state index in [1.165, 1.54) is 12.3 Å². The van der Waals surface area contributed by atoms with Crippen molar-refractivity contribution in [3.63, 3.8) is 0 Å². The number of rotatable bonds is 6. The van der Waals surface area contributed by atoms with E-state index in [1.54, 1.807) is 11.6 Å². The van der Waals surface area contributed by atoms with Crippen molar-refractivity contribution >= 4 is 16.9 Å². The van der Waals surface area contributed by atoms with Gasteiger partial charge >= 0.3 is 6.18 Å². The van der Waals surface area contributed by atoms with Crippen LogP contribution in [-0.2, 0) is 0 Å². The van der Waals surface area contributed by atoms with Crippen LogP contribution in [0.2, 0.25) is 0 Å². The Morgan fingerprint density at radius 2 is 2.04 bits per heavy atom. The number of unbranched alkanes of at least 4 members (excludes halogenated alkanes) is 1. The predicted octanol–water partition coefficient (Wildman–Crippen LogP) is 4.13. The number of hydrogen-bond donors (Lipinski definition) is 0. The van der Waals surface area contributed by atoms with Gasteiger partial charge < -0.3 is 4.90 Å². The first-order valence-corrected chi connectivity index (χ1v) is 8.35. The van der Waals surface area contributed by atoms with Gasteiger partial charge in [0.2, 0.25) is 0 Å². The van der Waals surface area contributed by atoms with Crippen molar-refractivity contribution < 1.29 is 18.0 Å². The van der Waals surface area contributed by atoms with Crippen molar-refractivity contribution in [3.05, 3.63) is 23.5 Å². The monoisotopic (exact) mass is 356 g/mol. The molecule has 2 heterocycles. The third-order valence-corrected chi connectivity index (χ3v) is 3.85. The molecule has 0 bridgehead atoms. The maximum absolute atomic E-state index is 12.9. The van der Waals surface area contributed by atoms with Crippen LogP contribution < -0.4 is 0 Å². The van der Waals surface area contributed by atoms with Crippen LogP contribution in [0.3, 0.4) is 0 Å². The second-order valence-corrected chi connectivity index (χ2v) is 6.43. The predicted molar refractivity (Wildman–Crippen MR) is 89.5 cm³/mol. The van der Waals surface area contributed by atoms with Gasteiger partial charge in [0.25, 0.3) is 5.91 Å². The molecule has 0 saturated carbocycles. The summed E-state index contributed by atoms with van der Waals surface area (Å²) >= 11 is 0. The van der Waals surface area contributed by atoms with Gasteiger partial charge in [-0.2, -0.15) is 18.3 Å². The van der Waals surface area contributed by atoms with Gasteiger partial charge in [-0.05, 0) is 33.3 Å². The summed E-state index contributed by atoms with van der Waals surface area (Å²) in [4.78, 5) is 18.1. The third kappa shape index (κ3) is 4.49. The Morgan fingerprint density at radius 1 is 1.36 bits per heavy atom. The van der Waals surface area contributed by atoms with Crippen molar-refractivity contribution in [2.45, 2.75) is 52.8 Å². The molecule has 0 aromatic carbocycles. The Balaban J connectivity index is 2.48. The molecule has 0 N–H and O–H groups in total. The highest BCUT2D eigenvalue weighted by Crippen LogP contribution is 2.24. The Labute approximate surface area is 144 Å². The summed E-state index contributed by atoms with van der Waals surface area (Å²) in [5, 5.41) is 4.72. The third-order valence-electron chi connectivity index (χ3n) is 3.85. The number of carbonyl (C=O) groups excluding carboxylic acids is 1. The lowest BCUT2D eigenvalue weighted by molar-refractivity contribution is -0.140. The molecule has 0 aliphatic carbocycles. The number of alkyl halides is 3. The minimum Gasteiger partial charge on any atom is -0.330 e. The van der Waals surface area contributed by atoms with Crippen molar-refractivity contribution in [3.8, 4) is 0 Å². The summed E-state index contributed by atoms with van der Waals surface area (Å²) in [7, 11) is 0. The van der Waals surface area contributed by atoms with Gasteiger partial charge in [-0.1, -0.05) is 13.3 Å². The van der Waals surface area contributed by atoms with Gasteiger partial charge in [-0.15, -0.1) is 0 Å². The van der Waals surface area contributed by atoms with Crippen LogP contribution in [0.1, 0.15) is 55.7 Å². The summed E-state index contributed by atoms with van der Waals surface area (Å²) in [6.07, 6.45) is -1.72. The fourth-order valence-corrected chi connectivity index (χ4v) is 2.69. The fourth-order valence-electron chi connectivity index (χ4n) is 2.69. The highest BCUT2D eigenvalue weighted by molar-refractivity contribution is 6.05. The molecule has 0 fully saturated rings. The van der Waals surface area contributed by atoms with Gasteiger partial charge in [0.1, 0.15) is 6.54 Å². The maximum atomic E-state index is 12.9. The van der Waals surface area contributed by atoms with E-state index in [4.69, 9.17) is 0 Å². The molecular formula is C17H23F3N4O. The van der Waals surface area contributed by atoms with Gasteiger partial charge in [-0.25, -0.2) is 9.67 Å². The lowest BCUT2D eigenvalue weighted by atomic mass is 10.1. The Kier molecular flexibility index (Phi) is 5.69. The van der Waals surface area contributed by atoms with Gasteiger partial charge in [0, 0.05) is 18.3 Å². The molecule has 0 saturated heterocycles. The zero-order valence-electron chi connectivity index (χ0n) is 14.9. The molecule has 138 valence electrons. The van der Waals surface area contributed by atoms with Crippen LogP contribution in [0.15, 0.2) is 12.3 Å². The molecule has 2 rings (SSSR count). The van der Waals surface area contributed by atoms with Gasteiger partial charge in [0.15, 0.2) is 5.65 Å². The number of amides is 1. The highest BCUT2D eigenvalue weighted by atomic mass is 19.4. The normalized spacial score (nSPS) is 12.2. The molecule has 0 atom stereocenters. The first-order chi connectivity index (χ1) is 11.6. The molecule has 5 nitrogen and oxygen atoms in total. The van der Waals surface area contributed by atoms with E-state index in [-0.39, 0.29) is 18.2 Å². The SMILES string of the molecule is CCCCN(CC(F)(F)F)C(=O)c1cc(C)nc2c1cnn2C(C)C. The topological polar surface area (TPSA) is 51.0 Å². The lowest BCUT2D eigenvalue weighted by Gasteiger charge is -2.24. The first kappa shape index (κ1) is 19.2. The zero-order valence-corrected chi connectivity index (χ0v) is 14.9. The molecule has 2 aromatic rings. The lowest BCUT2D eigenvalue weighted by Crippen LogP contribution is -2.39. The van der Waals surface area contributed by atoms with E-state index in [0.717, 1.165) is 4.90 Å². The number of aryl methyl sites for hydroxylation is 1. The number of hydrogen-bond acceptors (Lipinski definition) is 3. The Bertz CT molecular complexity index is 752. The summed E-state index contributed by atoms with van der Waals surface area (Å²) < 4.78 is 40.3. The van der Waals surface area contributed by atoms with Crippen molar-refractivity contribution in [1.82, 2.24) is 19.7 Å². The van der Waals surface area contributed by atoms with Crippen molar-refractivity contribution in [2.24, 2.45) is 0 Å². The summed E-state index contributed by atoms with van der Waals surface area (Å²) in [5.41, 5.74) is 1.30. The number of halogens is 3. The number of fused-ring (bicyclic) bond motifs is 1. The largest absolute Gasteiger partial charge is 0.406 e. The van der Waals surface area contributed by atoms with E-state index in [9.17, 15) is 18.0 Å². The van der Waals surface area contributed by atoms with E-state index in [2.05, 4.69) is 10.1 Å². The quantitative estimate of drug-likeness (QED) is 0.782. The molecule has 1 amide bonds. The van der Waals surface area contributed by atoms with E-state index >= 15 is 0 Å². The summed E-state index contributed by atoms with van der Waals surface area (Å²) in [6.45, 7) is 6.25. The first-order valence-electron chi connectivity index (χ1n) is 8.35. The van der Waals surface area contributed by atoms with Crippen molar-refractivity contribution in [2.75, 3.05) is 13.1 Å². The molecule has 8 heteroatoms. The average Bonchev–Trinajstić information content (AvgIpc) is 2.92. The van der Waals surface area contributed by atoms with Gasteiger partial charge in [0.05, 0.1) is 17.1 Å². The number of carbonyl (C=O) groups is 1. The van der Waals surface area contributed by atoms with Crippen LogP contribution in [0.5, 0.6) is 0 Å².